The van der Waals surface area contributed by atoms with E-state index in [1.807, 2.05) is 19.1 Å². The number of aryl methyl sites for hydroxylation is 1. The molecule has 9 nitrogen and oxygen atoms in total. The van der Waals surface area contributed by atoms with Crippen molar-refractivity contribution in [3.05, 3.63) is 35.7 Å². The number of fused-ring (bicyclic) bond motifs is 2. The molecule has 1 N–H and O–H groups in total. The van der Waals surface area contributed by atoms with Crippen LogP contribution in [0.3, 0.4) is 0 Å². The van der Waals surface area contributed by atoms with Crippen molar-refractivity contribution >= 4 is 28.3 Å². The minimum absolute atomic E-state index is 0.256. The van der Waals surface area contributed by atoms with E-state index in [0.717, 1.165) is 47.7 Å². The third-order valence-corrected chi connectivity index (χ3v) is 5.75. The second kappa shape index (κ2) is 7.49. The van der Waals surface area contributed by atoms with E-state index in [9.17, 15) is 4.79 Å². The zero-order valence-corrected chi connectivity index (χ0v) is 18.0. The second-order valence-corrected chi connectivity index (χ2v) is 8.53. The first-order valence-electron chi connectivity index (χ1n) is 10.6. The highest BCUT2D eigenvalue weighted by Crippen LogP contribution is 2.42. The SMILES string of the molecule is CCn1nnc2c(C(=O)Nc3cc4c(cc3N3CCOCC3)OC(C)(C)C4)cncc21. The van der Waals surface area contributed by atoms with Crippen LogP contribution >= 0.6 is 0 Å². The van der Waals surface area contributed by atoms with Gasteiger partial charge in [-0.1, -0.05) is 5.21 Å². The summed E-state index contributed by atoms with van der Waals surface area (Å²) in [6.07, 6.45) is 4.01. The maximum absolute atomic E-state index is 13.3. The van der Waals surface area contributed by atoms with Gasteiger partial charge in [-0.05, 0) is 26.8 Å². The maximum Gasteiger partial charge on any atom is 0.259 e. The molecule has 0 atom stereocenters. The first-order chi connectivity index (χ1) is 14.9. The molecule has 2 aliphatic heterocycles. The number of ether oxygens (including phenoxy) is 2. The monoisotopic (exact) mass is 422 g/mol. The zero-order chi connectivity index (χ0) is 21.6. The van der Waals surface area contributed by atoms with Crippen molar-refractivity contribution in [1.82, 2.24) is 20.0 Å². The van der Waals surface area contributed by atoms with E-state index < -0.39 is 0 Å². The fourth-order valence-electron chi connectivity index (χ4n) is 4.28. The highest BCUT2D eigenvalue weighted by molar-refractivity contribution is 6.12. The van der Waals surface area contributed by atoms with Gasteiger partial charge in [-0.2, -0.15) is 0 Å². The first kappa shape index (κ1) is 19.7. The number of morpholine rings is 1. The van der Waals surface area contributed by atoms with Crippen LogP contribution in [0.4, 0.5) is 11.4 Å². The molecule has 1 fully saturated rings. The lowest BCUT2D eigenvalue weighted by Crippen LogP contribution is -2.36. The van der Waals surface area contributed by atoms with Gasteiger partial charge in [-0.15, -0.1) is 5.10 Å². The van der Waals surface area contributed by atoms with Gasteiger partial charge in [-0.25, -0.2) is 4.68 Å². The number of hydrogen-bond donors (Lipinski definition) is 1. The lowest BCUT2D eigenvalue weighted by atomic mass is 10.0. The van der Waals surface area contributed by atoms with Crippen LogP contribution in [0, 0.1) is 0 Å². The summed E-state index contributed by atoms with van der Waals surface area (Å²) in [7, 11) is 0. The smallest absolute Gasteiger partial charge is 0.259 e. The Morgan fingerprint density at radius 2 is 2.03 bits per heavy atom. The molecule has 3 aromatic rings. The summed E-state index contributed by atoms with van der Waals surface area (Å²) < 4.78 is 13.4. The Morgan fingerprint density at radius 3 is 2.81 bits per heavy atom. The number of aromatic nitrogens is 4. The number of anilines is 2. The molecule has 1 amide bonds. The Hall–Kier alpha value is -3.20. The number of carbonyl (C=O) groups excluding carboxylic acids is 1. The third-order valence-electron chi connectivity index (χ3n) is 5.75. The molecule has 0 bridgehead atoms. The van der Waals surface area contributed by atoms with Gasteiger partial charge in [0.1, 0.15) is 22.4 Å². The molecular formula is C22H26N6O3. The summed E-state index contributed by atoms with van der Waals surface area (Å²) in [4.78, 5) is 19.7. The van der Waals surface area contributed by atoms with Gasteiger partial charge in [0.25, 0.3) is 5.91 Å². The van der Waals surface area contributed by atoms with Crippen LogP contribution in [0.1, 0.15) is 36.7 Å². The predicted molar refractivity (Wildman–Crippen MR) is 117 cm³/mol. The summed E-state index contributed by atoms with van der Waals surface area (Å²) in [5.41, 5.74) is 4.21. The van der Waals surface area contributed by atoms with Crippen LogP contribution in [-0.4, -0.2) is 57.8 Å². The van der Waals surface area contributed by atoms with E-state index in [-0.39, 0.29) is 11.5 Å². The molecule has 31 heavy (non-hydrogen) atoms. The van der Waals surface area contributed by atoms with Crippen LogP contribution < -0.4 is 15.0 Å². The van der Waals surface area contributed by atoms with Gasteiger partial charge in [-0.3, -0.25) is 9.78 Å². The molecule has 9 heteroatoms. The van der Waals surface area contributed by atoms with Crippen LogP contribution in [-0.2, 0) is 17.7 Å². The molecule has 0 radical (unpaired) electrons. The lowest BCUT2D eigenvalue weighted by molar-refractivity contribution is 0.102. The minimum atomic E-state index is -0.262. The molecule has 5 rings (SSSR count). The zero-order valence-electron chi connectivity index (χ0n) is 18.0. The average molecular weight is 422 g/mol. The summed E-state index contributed by atoms with van der Waals surface area (Å²) in [6, 6.07) is 4.07. The highest BCUT2D eigenvalue weighted by Gasteiger charge is 2.32. The third kappa shape index (κ3) is 3.59. The molecule has 2 aliphatic rings. The van der Waals surface area contributed by atoms with Gasteiger partial charge < -0.3 is 19.7 Å². The van der Waals surface area contributed by atoms with E-state index in [4.69, 9.17) is 9.47 Å². The minimum Gasteiger partial charge on any atom is -0.487 e. The molecule has 4 heterocycles. The van der Waals surface area contributed by atoms with Gasteiger partial charge in [0, 0.05) is 43.9 Å². The van der Waals surface area contributed by atoms with Crippen molar-refractivity contribution in [3.63, 3.8) is 0 Å². The van der Waals surface area contributed by atoms with Crippen molar-refractivity contribution in [2.45, 2.75) is 39.3 Å². The predicted octanol–water partition coefficient (Wildman–Crippen LogP) is 2.65. The standard InChI is InChI=1S/C22H26N6O3/c1-4-28-18-13-23-12-15(20(18)25-26-28)21(29)24-16-9-14-11-22(2,3)31-19(14)10-17(16)27-5-7-30-8-6-27/h9-10,12-13H,4-8,11H2,1-3H3,(H,24,29). The molecule has 0 unspecified atom stereocenters. The fraction of sp³-hybridized carbons (Fsp3) is 0.455. The number of pyridine rings is 1. The number of amides is 1. The Balaban J connectivity index is 1.52. The topological polar surface area (TPSA) is 94.4 Å². The molecule has 2 aromatic heterocycles. The van der Waals surface area contributed by atoms with E-state index in [1.165, 1.54) is 0 Å². The highest BCUT2D eigenvalue weighted by atomic mass is 16.5. The Kier molecular flexibility index (Phi) is 4.77. The summed E-state index contributed by atoms with van der Waals surface area (Å²) >= 11 is 0. The summed E-state index contributed by atoms with van der Waals surface area (Å²) in [5, 5.41) is 11.4. The van der Waals surface area contributed by atoms with E-state index in [1.54, 1.807) is 17.1 Å². The normalized spacial score (nSPS) is 17.5. The Labute approximate surface area is 180 Å². The fourth-order valence-corrected chi connectivity index (χ4v) is 4.28. The van der Waals surface area contributed by atoms with Crippen molar-refractivity contribution in [3.8, 4) is 5.75 Å². The number of benzene rings is 1. The van der Waals surface area contributed by atoms with Crippen LogP contribution in [0.2, 0.25) is 0 Å². The quantitative estimate of drug-likeness (QED) is 0.691. The molecule has 0 saturated carbocycles. The van der Waals surface area contributed by atoms with Crippen LogP contribution in [0.25, 0.3) is 11.0 Å². The molecule has 1 aromatic carbocycles. The van der Waals surface area contributed by atoms with Crippen LogP contribution in [0.5, 0.6) is 5.75 Å². The maximum atomic E-state index is 13.3. The molecule has 0 aliphatic carbocycles. The number of rotatable bonds is 4. The van der Waals surface area contributed by atoms with Gasteiger partial charge in [0.05, 0.1) is 36.3 Å². The van der Waals surface area contributed by atoms with Crippen molar-refractivity contribution in [2.75, 3.05) is 36.5 Å². The number of carbonyl (C=O) groups is 1. The van der Waals surface area contributed by atoms with Crippen molar-refractivity contribution in [1.29, 1.82) is 0 Å². The van der Waals surface area contributed by atoms with Gasteiger partial charge in [0.2, 0.25) is 0 Å². The lowest BCUT2D eigenvalue weighted by Gasteiger charge is -2.31. The first-order valence-corrected chi connectivity index (χ1v) is 10.6. The molecule has 1 saturated heterocycles. The van der Waals surface area contributed by atoms with Crippen LogP contribution in [0.15, 0.2) is 24.5 Å². The van der Waals surface area contributed by atoms with E-state index >= 15 is 0 Å². The number of nitrogens with zero attached hydrogens (tertiary/aromatic N) is 5. The molecular weight excluding hydrogens is 396 g/mol. The number of hydrogen-bond acceptors (Lipinski definition) is 7. The molecule has 0 spiro atoms. The average Bonchev–Trinajstić information content (AvgIpc) is 3.32. The number of nitrogens with one attached hydrogen (secondary N) is 1. The van der Waals surface area contributed by atoms with Crippen molar-refractivity contribution in [2.24, 2.45) is 0 Å². The Morgan fingerprint density at radius 1 is 1.23 bits per heavy atom. The van der Waals surface area contributed by atoms with Gasteiger partial charge >= 0.3 is 0 Å². The van der Waals surface area contributed by atoms with Gasteiger partial charge in [0.15, 0.2) is 0 Å². The Bertz CT molecular complexity index is 1150. The summed E-state index contributed by atoms with van der Waals surface area (Å²) in [5.74, 6) is 0.619. The van der Waals surface area contributed by atoms with Crippen molar-refractivity contribution < 1.29 is 14.3 Å². The van der Waals surface area contributed by atoms with E-state index in [2.05, 4.69) is 39.4 Å². The second-order valence-electron chi connectivity index (χ2n) is 8.53. The largest absolute Gasteiger partial charge is 0.487 e. The molecule has 162 valence electrons. The van der Waals surface area contributed by atoms with E-state index in [0.29, 0.717) is 30.8 Å². The summed E-state index contributed by atoms with van der Waals surface area (Å²) in [6.45, 7) is 9.60.